The van der Waals surface area contributed by atoms with E-state index >= 15 is 0 Å². The van der Waals surface area contributed by atoms with Crippen molar-refractivity contribution in [3.05, 3.63) is 49.2 Å². The number of hydrogen-bond acceptors (Lipinski definition) is 6. The van der Waals surface area contributed by atoms with Gasteiger partial charge in [-0.15, -0.1) is 0 Å². The van der Waals surface area contributed by atoms with Crippen molar-refractivity contribution >= 4 is 11.7 Å². The van der Waals surface area contributed by atoms with Gasteiger partial charge in [-0.1, -0.05) is 135 Å². The lowest BCUT2D eigenvalue weighted by atomic mass is 9.72. The van der Waals surface area contributed by atoms with E-state index in [4.69, 9.17) is 10.5 Å². The molecule has 310 valence electrons. The number of fused-ring (bicyclic) bond motifs is 1. The van der Waals surface area contributed by atoms with Gasteiger partial charge in [0.15, 0.2) is 5.78 Å². The molecule has 2 aliphatic carbocycles. The molecule has 3 rings (SSSR count). The SMILES string of the molecule is C=C(C)NC(C)C(C)(C)C.C=C(CCC(C)C)OCC(C)C(C)C.C=C(N)C(=O)C(CC1CCC1)NC(=C)C1[C@H]2CC[C@H]2CN1C(C)=O.CC.CCC. The van der Waals surface area contributed by atoms with E-state index in [1.807, 2.05) is 25.7 Å². The third-order valence-corrected chi connectivity index (χ3v) is 10.6. The Labute approximate surface area is 329 Å². The van der Waals surface area contributed by atoms with E-state index in [0.717, 1.165) is 55.5 Å². The molecule has 4 unspecified atom stereocenters. The second-order valence-corrected chi connectivity index (χ2v) is 17.5. The number of allylic oxidation sites excluding steroid dienone is 2. The average Bonchev–Trinajstić information content (AvgIpc) is 3.30. The normalized spacial score (nSPS) is 20.2. The number of rotatable bonds is 16. The molecule has 6 atom stereocenters. The Morgan fingerprint density at radius 2 is 1.45 bits per heavy atom. The predicted octanol–water partition coefficient (Wildman–Crippen LogP) is 11.2. The fraction of sp³-hybridized carbons (Fsp3) is 0.783. The molecule has 0 aromatic carbocycles. The smallest absolute Gasteiger partial charge is 0.220 e. The van der Waals surface area contributed by atoms with Crippen LogP contribution in [0.2, 0.25) is 0 Å². The van der Waals surface area contributed by atoms with Crippen molar-refractivity contribution in [3.63, 3.8) is 0 Å². The Kier molecular flexibility index (Phi) is 26.7. The van der Waals surface area contributed by atoms with Crippen LogP contribution in [0.3, 0.4) is 0 Å². The second-order valence-electron chi connectivity index (χ2n) is 17.5. The summed E-state index contributed by atoms with van der Waals surface area (Å²) >= 11 is 0. The second kappa shape index (κ2) is 27.0. The van der Waals surface area contributed by atoms with Gasteiger partial charge in [-0.2, -0.15) is 0 Å². The topological polar surface area (TPSA) is 96.7 Å². The molecule has 4 N–H and O–H groups in total. The van der Waals surface area contributed by atoms with E-state index in [9.17, 15) is 9.59 Å². The number of likely N-dealkylation sites (tertiary alicyclic amines) is 1. The van der Waals surface area contributed by atoms with Crippen LogP contribution in [0, 0.1) is 40.9 Å². The van der Waals surface area contributed by atoms with E-state index in [2.05, 4.69) is 113 Å². The van der Waals surface area contributed by atoms with Gasteiger partial charge in [0.1, 0.15) is 0 Å². The molecular formula is C46H88N4O3. The van der Waals surface area contributed by atoms with Crippen molar-refractivity contribution in [1.82, 2.24) is 15.5 Å². The summed E-state index contributed by atoms with van der Waals surface area (Å²) in [4.78, 5) is 26.3. The molecule has 3 aliphatic rings. The van der Waals surface area contributed by atoms with Crippen molar-refractivity contribution in [3.8, 4) is 0 Å². The van der Waals surface area contributed by atoms with Crippen LogP contribution in [-0.2, 0) is 14.3 Å². The third kappa shape index (κ3) is 21.1. The number of nitrogens with two attached hydrogens (primary N) is 1. The molecule has 1 heterocycles. The molecule has 1 aliphatic heterocycles. The maximum absolute atomic E-state index is 12.4. The Bertz CT molecular complexity index is 1100. The van der Waals surface area contributed by atoms with E-state index in [0.29, 0.717) is 41.0 Å². The van der Waals surface area contributed by atoms with Crippen molar-refractivity contribution < 1.29 is 14.3 Å². The molecule has 0 bridgehead atoms. The molecular weight excluding hydrogens is 657 g/mol. The van der Waals surface area contributed by atoms with E-state index in [-0.39, 0.29) is 29.5 Å². The predicted molar refractivity (Wildman–Crippen MR) is 231 cm³/mol. The molecule has 1 saturated heterocycles. The summed E-state index contributed by atoms with van der Waals surface area (Å²) in [7, 11) is 0. The number of carbonyl (C=O) groups is 2. The number of nitrogens with one attached hydrogen (secondary N) is 2. The van der Waals surface area contributed by atoms with Crippen molar-refractivity contribution in [1.29, 1.82) is 0 Å². The molecule has 0 radical (unpaired) electrons. The number of ketones is 1. The van der Waals surface area contributed by atoms with Crippen molar-refractivity contribution in [2.75, 3.05) is 13.2 Å². The maximum atomic E-state index is 12.4. The number of Topliss-reactive ketones (excluding diaryl/α,β-unsaturated/α-hetero) is 1. The summed E-state index contributed by atoms with van der Waals surface area (Å²) in [5.41, 5.74) is 7.90. The average molecular weight is 745 g/mol. The number of amides is 1. The Balaban J connectivity index is 0. The first-order valence-corrected chi connectivity index (χ1v) is 21.0. The summed E-state index contributed by atoms with van der Waals surface area (Å²) < 4.78 is 5.62. The number of nitrogens with zero attached hydrogens (tertiary/aromatic N) is 1. The van der Waals surface area contributed by atoms with E-state index in [1.54, 1.807) is 6.92 Å². The largest absolute Gasteiger partial charge is 0.498 e. The summed E-state index contributed by atoms with van der Waals surface area (Å²) in [5, 5.41) is 6.62. The zero-order valence-electron chi connectivity index (χ0n) is 37.6. The van der Waals surface area contributed by atoms with Crippen LogP contribution in [0.15, 0.2) is 49.2 Å². The number of hydrogen-bond donors (Lipinski definition) is 3. The van der Waals surface area contributed by atoms with Gasteiger partial charge in [-0.3, -0.25) is 9.59 Å². The van der Waals surface area contributed by atoms with Crippen molar-refractivity contribution in [2.45, 2.75) is 180 Å². The summed E-state index contributed by atoms with van der Waals surface area (Å²) in [6, 6.07) is 0.127. The molecule has 53 heavy (non-hydrogen) atoms. The number of ether oxygens (including phenoxy) is 1. The summed E-state index contributed by atoms with van der Waals surface area (Å²) in [6.45, 7) is 49.0. The highest BCUT2D eigenvalue weighted by molar-refractivity contribution is 5.98. The highest BCUT2D eigenvalue weighted by atomic mass is 16.5. The Hall–Kier alpha value is -2.70. The van der Waals surface area contributed by atoms with Crippen LogP contribution in [0.5, 0.6) is 0 Å². The minimum absolute atomic E-state index is 0.00369. The van der Waals surface area contributed by atoms with Crippen LogP contribution in [0.1, 0.15) is 162 Å². The first kappa shape index (κ1) is 52.4. The van der Waals surface area contributed by atoms with Crippen LogP contribution in [0.4, 0.5) is 0 Å². The van der Waals surface area contributed by atoms with Crippen LogP contribution < -0.4 is 16.4 Å². The molecule has 2 saturated carbocycles. The highest BCUT2D eigenvalue weighted by Gasteiger charge is 2.49. The van der Waals surface area contributed by atoms with Gasteiger partial charge >= 0.3 is 0 Å². The molecule has 0 aromatic rings. The molecule has 7 heteroatoms. The fourth-order valence-corrected chi connectivity index (χ4v) is 5.98. The molecule has 7 nitrogen and oxygen atoms in total. The Morgan fingerprint density at radius 1 is 0.906 bits per heavy atom. The van der Waals surface area contributed by atoms with Crippen LogP contribution >= 0.6 is 0 Å². The monoisotopic (exact) mass is 745 g/mol. The van der Waals surface area contributed by atoms with Crippen molar-refractivity contribution in [2.24, 2.45) is 46.7 Å². The third-order valence-electron chi connectivity index (χ3n) is 10.6. The van der Waals surface area contributed by atoms with Gasteiger partial charge in [0.25, 0.3) is 0 Å². The van der Waals surface area contributed by atoms with Gasteiger partial charge in [-0.25, -0.2) is 0 Å². The highest BCUT2D eigenvalue weighted by Crippen LogP contribution is 2.46. The molecule has 0 aromatic heterocycles. The number of carbonyl (C=O) groups excluding carboxylic acids is 2. The van der Waals surface area contributed by atoms with Crippen LogP contribution in [0.25, 0.3) is 0 Å². The summed E-state index contributed by atoms with van der Waals surface area (Å²) in [5.74, 6) is 4.57. The maximum Gasteiger partial charge on any atom is 0.220 e. The first-order chi connectivity index (χ1) is 24.6. The van der Waals surface area contributed by atoms with Gasteiger partial charge in [-0.05, 0) is 80.5 Å². The fourth-order valence-electron chi connectivity index (χ4n) is 5.98. The van der Waals surface area contributed by atoms with E-state index < -0.39 is 0 Å². The molecule has 0 spiro atoms. The van der Waals surface area contributed by atoms with Gasteiger partial charge in [0.2, 0.25) is 5.91 Å². The van der Waals surface area contributed by atoms with Gasteiger partial charge in [0, 0.05) is 37.3 Å². The Morgan fingerprint density at radius 3 is 1.79 bits per heavy atom. The molecule has 1 amide bonds. The quantitative estimate of drug-likeness (QED) is 0.108. The first-order valence-electron chi connectivity index (χ1n) is 21.0. The molecule has 3 fully saturated rings. The standard InChI is InChI=1S/C19H29N3O2.C13H26O.C9H19N.C3H8.C2H6/c1-11(20)19(24)17(9-14-5-4-6-14)21-12(2)18-16-8-7-15(16)10-22(18)13(3)23;1-10(2)7-8-13(6)14-9-12(5)11(3)4;1-7(2)10-8(3)9(4,5)6;1-3-2;1-2/h14-18,21H,1-2,4-10,20H2,3H3;10-12H,6-9H2,1-5H3;8,10H,1H2,2-6H3;3H2,1-2H3;1-2H3/t15-,16-,17?,18?;;;;/m0..../s1. The minimum atomic E-state index is -0.367. The van der Waals surface area contributed by atoms with Crippen LogP contribution in [-0.4, -0.2) is 47.9 Å². The van der Waals surface area contributed by atoms with E-state index in [1.165, 1.54) is 38.5 Å². The lowest BCUT2D eigenvalue weighted by Crippen LogP contribution is -2.48. The zero-order chi connectivity index (χ0) is 41.6. The zero-order valence-corrected chi connectivity index (χ0v) is 37.6. The summed E-state index contributed by atoms with van der Waals surface area (Å²) in [6.07, 6.45) is 10.1. The minimum Gasteiger partial charge on any atom is -0.498 e. The lowest BCUT2D eigenvalue weighted by molar-refractivity contribution is -0.129. The van der Waals surface area contributed by atoms with Gasteiger partial charge in [0.05, 0.1) is 30.1 Å². The lowest BCUT2D eigenvalue weighted by Gasteiger charge is -2.37. The van der Waals surface area contributed by atoms with Gasteiger partial charge < -0.3 is 26.0 Å².